The van der Waals surface area contributed by atoms with E-state index in [4.69, 9.17) is 21.1 Å². The normalized spacial score (nSPS) is 11.4. The zero-order chi connectivity index (χ0) is 27.6. The van der Waals surface area contributed by atoms with Gasteiger partial charge in [0.2, 0.25) is 5.91 Å². The molecule has 0 fully saturated rings. The number of carbonyl (C=O) groups is 2. The largest absolute Gasteiger partial charge is 0.497 e. The quantitative estimate of drug-likeness (QED) is 0.248. The summed E-state index contributed by atoms with van der Waals surface area (Å²) in [6.07, 6.45) is 0. The number of para-hydroxylation sites is 1. The molecule has 200 valence electrons. The van der Waals surface area contributed by atoms with Crippen LogP contribution in [0, 0.1) is 6.92 Å². The van der Waals surface area contributed by atoms with E-state index in [1.165, 1.54) is 0 Å². The molecule has 39 heavy (non-hydrogen) atoms. The van der Waals surface area contributed by atoms with Crippen molar-refractivity contribution in [2.45, 2.75) is 26.1 Å². The van der Waals surface area contributed by atoms with Crippen LogP contribution in [0.1, 0.15) is 28.3 Å². The Morgan fingerprint density at radius 3 is 2.15 bits per heavy atom. The molecule has 4 aromatic rings. The Hall–Kier alpha value is -4.29. The maximum atomic E-state index is 13.8. The second-order valence-corrected chi connectivity index (χ2v) is 9.51. The van der Waals surface area contributed by atoms with Crippen LogP contribution < -0.4 is 14.8 Å². The summed E-state index contributed by atoms with van der Waals surface area (Å²) in [5.74, 6) is 0.456. The molecule has 0 radical (unpaired) electrons. The number of carbonyl (C=O) groups excluding carboxylic acids is 2. The second-order valence-electron chi connectivity index (χ2n) is 9.11. The summed E-state index contributed by atoms with van der Waals surface area (Å²) in [6.45, 7) is 2.25. The molecule has 0 spiro atoms. The van der Waals surface area contributed by atoms with Gasteiger partial charge in [0.1, 0.15) is 17.5 Å². The maximum absolute atomic E-state index is 13.8. The smallest absolute Gasteiger partial charge is 0.261 e. The fraction of sp³-hybridized carbons (Fsp3) is 0.188. The number of nitrogens with one attached hydrogen (secondary N) is 1. The summed E-state index contributed by atoms with van der Waals surface area (Å²) >= 11 is 6.24. The van der Waals surface area contributed by atoms with Crippen molar-refractivity contribution in [2.75, 3.05) is 13.7 Å². The molecule has 0 bridgehead atoms. The minimum absolute atomic E-state index is 0.187. The lowest BCUT2D eigenvalue weighted by Crippen LogP contribution is -2.45. The summed E-state index contributed by atoms with van der Waals surface area (Å²) in [7, 11) is 1.60. The molecule has 1 N–H and O–H groups in total. The SMILES string of the molecule is COc1ccc(CN(C(=O)COc2ccccc2Cl)C(C(=O)NCc2ccc(C)cc2)c2ccccc2)cc1. The Balaban J connectivity index is 1.63. The number of aryl methyl sites for hydroxylation is 1. The van der Waals surface area contributed by atoms with E-state index in [-0.39, 0.29) is 25.0 Å². The number of amides is 2. The molecule has 6 nitrogen and oxygen atoms in total. The average molecular weight is 543 g/mol. The van der Waals surface area contributed by atoms with E-state index in [0.717, 1.165) is 16.7 Å². The first-order valence-electron chi connectivity index (χ1n) is 12.6. The molecule has 0 aliphatic carbocycles. The number of rotatable bonds is 11. The number of halogens is 1. The Labute approximate surface area is 234 Å². The fourth-order valence-corrected chi connectivity index (χ4v) is 4.33. The number of hydrogen-bond acceptors (Lipinski definition) is 4. The van der Waals surface area contributed by atoms with Gasteiger partial charge in [0.05, 0.1) is 12.1 Å². The van der Waals surface area contributed by atoms with Crippen molar-refractivity contribution in [1.82, 2.24) is 10.2 Å². The highest BCUT2D eigenvalue weighted by molar-refractivity contribution is 6.32. The first-order valence-corrected chi connectivity index (χ1v) is 13.0. The van der Waals surface area contributed by atoms with E-state index < -0.39 is 6.04 Å². The lowest BCUT2D eigenvalue weighted by molar-refractivity contribution is -0.143. The van der Waals surface area contributed by atoms with Crippen LogP contribution in [0.3, 0.4) is 0 Å². The van der Waals surface area contributed by atoms with Crippen LogP contribution in [-0.4, -0.2) is 30.4 Å². The van der Waals surface area contributed by atoms with Crippen LogP contribution >= 0.6 is 11.6 Å². The highest BCUT2D eigenvalue weighted by Crippen LogP contribution is 2.27. The molecule has 7 heteroatoms. The van der Waals surface area contributed by atoms with Crippen LogP contribution in [-0.2, 0) is 22.7 Å². The van der Waals surface area contributed by atoms with Crippen LogP contribution in [0.2, 0.25) is 5.02 Å². The van der Waals surface area contributed by atoms with E-state index >= 15 is 0 Å². The van der Waals surface area contributed by atoms with Crippen molar-refractivity contribution >= 4 is 23.4 Å². The van der Waals surface area contributed by atoms with Gasteiger partial charge in [0.25, 0.3) is 5.91 Å². The van der Waals surface area contributed by atoms with Crippen LogP contribution in [0.5, 0.6) is 11.5 Å². The summed E-state index contributed by atoms with van der Waals surface area (Å²) < 4.78 is 11.1. The molecule has 1 unspecified atom stereocenters. The lowest BCUT2D eigenvalue weighted by Gasteiger charge is -2.31. The van der Waals surface area contributed by atoms with E-state index in [1.807, 2.05) is 85.8 Å². The Bertz CT molecular complexity index is 1380. The third kappa shape index (κ3) is 7.62. The minimum Gasteiger partial charge on any atom is -0.497 e. The van der Waals surface area contributed by atoms with Gasteiger partial charge in [-0.2, -0.15) is 0 Å². The van der Waals surface area contributed by atoms with Gasteiger partial charge in [-0.25, -0.2) is 0 Å². The van der Waals surface area contributed by atoms with Crippen LogP contribution in [0.15, 0.2) is 103 Å². The summed E-state index contributed by atoms with van der Waals surface area (Å²) in [6, 6.07) is 30.7. The number of benzene rings is 4. The predicted molar refractivity (Wildman–Crippen MR) is 153 cm³/mol. The van der Waals surface area contributed by atoms with E-state index in [2.05, 4.69) is 5.32 Å². The minimum atomic E-state index is -0.888. The highest BCUT2D eigenvalue weighted by Gasteiger charge is 2.32. The molecular weight excluding hydrogens is 512 g/mol. The van der Waals surface area contributed by atoms with Gasteiger partial charge in [0.15, 0.2) is 6.61 Å². The van der Waals surface area contributed by atoms with Crippen molar-refractivity contribution in [2.24, 2.45) is 0 Å². The van der Waals surface area contributed by atoms with Crippen molar-refractivity contribution in [3.05, 3.63) is 130 Å². The first-order chi connectivity index (χ1) is 18.9. The monoisotopic (exact) mass is 542 g/mol. The molecule has 1 atom stereocenters. The van der Waals surface area contributed by atoms with E-state index in [9.17, 15) is 9.59 Å². The molecular formula is C32H31ClN2O4. The van der Waals surface area contributed by atoms with Crippen molar-refractivity contribution in [1.29, 1.82) is 0 Å². The molecule has 4 rings (SSSR count). The highest BCUT2D eigenvalue weighted by atomic mass is 35.5. The summed E-state index contributed by atoms with van der Waals surface area (Å²) in [4.78, 5) is 29.0. The topological polar surface area (TPSA) is 67.9 Å². The standard InChI is InChI=1S/C32H31ClN2O4/c1-23-12-14-24(15-13-23)20-34-32(37)31(26-8-4-3-5-9-26)35(21-25-16-18-27(38-2)19-17-25)30(36)22-39-29-11-7-6-10-28(29)33/h3-19,31H,20-22H2,1-2H3,(H,34,37). The number of hydrogen-bond donors (Lipinski definition) is 1. The predicted octanol–water partition coefficient (Wildman–Crippen LogP) is 6.12. The van der Waals surface area contributed by atoms with Gasteiger partial charge in [-0.15, -0.1) is 0 Å². The van der Waals surface area contributed by atoms with Gasteiger partial charge >= 0.3 is 0 Å². The zero-order valence-corrected chi connectivity index (χ0v) is 22.7. The number of ether oxygens (including phenoxy) is 2. The molecule has 0 aromatic heterocycles. The first kappa shape index (κ1) is 27.7. The molecule has 0 heterocycles. The van der Waals surface area contributed by atoms with Gasteiger partial charge in [-0.1, -0.05) is 96.0 Å². The Morgan fingerprint density at radius 1 is 0.846 bits per heavy atom. The Morgan fingerprint density at radius 2 is 1.49 bits per heavy atom. The van der Waals surface area contributed by atoms with Crippen molar-refractivity contribution < 1.29 is 19.1 Å². The molecule has 4 aromatic carbocycles. The summed E-state index contributed by atoms with van der Waals surface area (Å²) in [5.41, 5.74) is 3.64. The molecule has 2 amide bonds. The van der Waals surface area contributed by atoms with Gasteiger partial charge in [0, 0.05) is 13.1 Å². The van der Waals surface area contributed by atoms with Crippen molar-refractivity contribution in [3.8, 4) is 11.5 Å². The van der Waals surface area contributed by atoms with Gasteiger partial charge in [-0.05, 0) is 47.9 Å². The van der Waals surface area contributed by atoms with E-state index in [0.29, 0.717) is 28.6 Å². The van der Waals surface area contributed by atoms with Gasteiger partial charge in [-0.3, -0.25) is 9.59 Å². The third-order valence-electron chi connectivity index (χ3n) is 6.28. The average Bonchev–Trinajstić information content (AvgIpc) is 2.97. The molecule has 0 aliphatic heterocycles. The summed E-state index contributed by atoms with van der Waals surface area (Å²) in [5, 5.41) is 3.43. The van der Waals surface area contributed by atoms with Gasteiger partial charge < -0.3 is 19.7 Å². The zero-order valence-electron chi connectivity index (χ0n) is 22.0. The molecule has 0 aliphatic rings. The lowest BCUT2D eigenvalue weighted by atomic mass is 10.0. The fourth-order valence-electron chi connectivity index (χ4n) is 4.14. The molecule has 0 saturated heterocycles. The van der Waals surface area contributed by atoms with E-state index in [1.54, 1.807) is 36.3 Å². The number of nitrogens with zero attached hydrogens (tertiary/aromatic N) is 1. The van der Waals surface area contributed by atoms with Crippen LogP contribution in [0.4, 0.5) is 0 Å². The third-order valence-corrected chi connectivity index (χ3v) is 6.60. The maximum Gasteiger partial charge on any atom is 0.261 e. The van der Waals surface area contributed by atoms with Crippen LogP contribution in [0.25, 0.3) is 0 Å². The van der Waals surface area contributed by atoms with Crippen molar-refractivity contribution in [3.63, 3.8) is 0 Å². The second kappa shape index (κ2) is 13.5. The Kier molecular flexibility index (Phi) is 9.59. The number of methoxy groups -OCH3 is 1. The molecule has 0 saturated carbocycles.